The lowest BCUT2D eigenvalue weighted by Crippen LogP contribution is -2.05. The molecule has 0 aliphatic rings. The number of esters is 1. The van der Waals surface area contributed by atoms with Gasteiger partial charge in [0.15, 0.2) is 0 Å². The van der Waals surface area contributed by atoms with E-state index >= 15 is 0 Å². The summed E-state index contributed by atoms with van der Waals surface area (Å²) < 4.78 is 5.42. The number of hydrogen-bond acceptors (Lipinski definition) is 2. The maximum Gasteiger partial charge on any atom is 0.305 e. The SMILES string of the molecule is CCCCCCCCC=CCCCCCCCCOC(=O)CCCCCCCCCCCCCCC. The van der Waals surface area contributed by atoms with E-state index < -0.39 is 0 Å². The molecule has 0 spiro atoms. The van der Waals surface area contributed by atoms with Crippen LogP contribution in [0.4, 0.5) is 0 Å². The summed E-state index contributed by atoms with van der Waals surface area (Å²) in [5.74, 6) is 0.0193. The van der Waals surface area contributed by atoms with E-state index in [4.69, 9.17) is 4.74 Å². The maximum absolute atomic E-state index is 11.9. The molecule has 0 aromatic rings. The van der Waals surface area contributed by atoms with Crippen molar-refractivity contribution in [2.45, 2.75) is 194 Å². The minimum absolute atomic E-state index is 0.0193. The second-order valence-corrected chi connectivity index (χ2v) is 11.2. The van der Waals surface area contributed by atoms with Gasteiger partial charge in [0.2, 0.25) is 0 Å². The number of allylic oxidation sites excluding steroid dienone is 2. The highest BCUT2D eigenvalue weighted by Crippen LogP contribution is 2.14. The Balaban J connectivity index is 3.18. The molecular weight excluding hydrogens is 440 g/mol. The first kappa shape index (κ1) is 35.2. The van der Waals surface area contributed by atoms with Crippen molar-refractivity contribution < 1.29 is 9.53 Å². The van der Waals surface area contributed by atoms with Crippen molar-refractivity contribution in [2.75, 3.05) is 6.61 Å². The summed E-state index contributed by atoms with van der Waals surface area (Å²) in [6.07, 6.45) is 41.2. The monoisotopic (exact) mass is 507 g/mol. The third-order valence-corrected chi connectivity index (χ3v) is 7.40. The molecule has 0 unspecified atom stereocenters. The molecule has 0 fully saturated rings. The van der Waals surface area contributed by atoms with Crippen molar-refractivity contribution in [1.82, 2.24) is 0 Å². The summed E-state index contributed by atoms with van der Waals surface area (Å²) >= 11 is 0. The highest BCUT2D eigenvalue weighted by molar-refractivity contribution is 5.69. The molecule has 0 N–H and O–H groups in total. The normalized spacial score (nSPS) is 11.5. The van der Waals surface area contributed by atoms with Crippen LogP contribution in [-0.2, 0) is 9.53 Å². The van der Waals surface area contributed by atoms with Gasteiger partial charge in [-0.15, -0.1) is 0 Å². The Morgan fingerprint density at radius 2 is 0.778 bits per heavy atom. The second-order valence-electron chi connectivity index (χ2n) is 11.2. The van der Waals surface area contributed by atoms with E-state index in [0.717, 1.165) is 12.8 Å². The molecular formula is C34H66O2. The van der Waals surface area contributed by atoms with Crippen LogP contribution < -0.4 is 0 Å². The highest BCUT2D eigenvalue weighted by Gasteiger charge is 2.02. The van der Waals surface area contributed by atoms with Crippen LogP contribution in [0.3, 0.4) is 0 Å². The van der Waals surface area contributed by atoms with E-state index in [1.807, 2.05) is 0 Å². The molecule has 0 radical (unpaired) electrons. The van der Waals surface area contributed by atoms with Gasteiger partial charge >= 0.3 is 5.97 Å². The fraction of sp³-hybridized carbons (Fsp3) is 0.912. The summed E-state index contributed by atoms with van der Waals surface area (Å²) in [6, 6.07) is 0. The first-order valence-electron chi connectivity index (χ1n) is 16.6. The lowest BCUT2D eigenvalue weighted by molar-refractivity contribution is -0.143. The standard InChI is InChI=1S/C34H66O2/c1-3-5-7-9-11-13-15-17-18-19-21-23-25-27-29-31-33-36-34(35)32-30-28-26-24-22-20-16-14-12-10-8-6-4-2/h17-18H,3-16,19-33H2,1-2H3. The summed E-state index contributed by atoms with van der Waals surface area (Å²) in [5, 5.41) is 0. The first-order chi connectivity index (χ1) is 17.8. The molecule has 0 aromatic carbocycles. The Labute approximate surface area is 227 Å². The van der Waals surface area contributed by atoms with E-state index in [2.05, 4.69) is 26.0 Å². The van der Waals surface area contributed by atoms with Gasteiger partial charge in [0.05, 0.1) is 6.61 Å². The van der Waals surface area contributed by atoms with Crippen LogP contribution in [0.2, 0.25) is 0 Å². The molecule has 0 amide bonds. The van der Waals surface area contributed by atoms with Crippen molar-refractivity contribution in [3.8, 4) is 0 Å². The average Bonchev–Trinajstić information content (AvgIpc) is 2.88. The van der Waals surface area contributed by atoms with E-state index in [1.165, 1.54) is 161 Å². The molecule has 0 aliphatic carbocycles. The minimum Gasteiger partial charge on any atom is -0.466 e. The molecule has 36 heavy (non-hydrogen) atoms. The molecule has 0 saturated carbocycles. The predicted molar refractivity (Wildman–Crippen MR) is 161 cm³/mol. The summed E-state index contributed by atoms with van der Waals surface area (Å²) in [4.78, 5) is 11.9. The van der Waals surface area contributed by atoms with Crippen molar-refractivity contribution in [1.29, 1.82) is 0 Å². The van der Waals surface area contributed by atoms with Crippen LogP contribution >= 0.6 is 0 Å². The first-order valence-corrected chi connectivity index (χ1v) is 16.6. The van der Waals surface area contributed by atoms with Gasteiger partial charge in [-0.1, -0.05) is 161 Å². The summed E-state index contributed by atoms with van der Waals surface area (Å²) in [6.45, 7) is 5.18. The fourth-order valence-corrected chi connectivity index (χ4v) is 4.89. The zero-order valence-corrected chi connectivity index (χ0v) is 25.0. The van der Waals surface area contributed by atoms with Crippen molar-refractivity contribution in [3.05, 3.63) is 12.2 Å². The Bertz CT molecular complexity index is 442. The van der Waals surface area contributed by atoms with Crippen molar-refractivity contribution in [2.24, 2.45) is 0 Å². The van der Waals surface area contributed by atoms with Gasteiger partial charge in [0.25, 0.3) is 0 Å². The third-order valence-electron chi connectivity index (χ3n) is 7.40. The smallest absolute Gasteiger partial charge is 0.305 e. The quantitative estimate of drug-likeness (QED) is 0.0550. The van der Waals surface area contributed by atoms with Gasteiger partial charge in [0.1, 0.15) is 0 Å². The van der Waals surface area contributed by atoms with E-state index in [9.17, 15) is 4.79 Å². The van der Waals surface area contributed by atoms with E-state index in [1.54, 1.807) is 0 Å². The zero-order valence-electron chi connectivity index (χ0n) is 25.0. The Morgan fingerprint density at radius 3 is 1.19 bits per heavy atom. The number of carbonyl (C=O) groups excluding carboxylic acids is 1. The van der Waals surface area contributed by atoms with Crippen LogP contribution in [0.5, 0.6) is 0 Å². The molecule has 214 valence electrons. The molecule has 0 saturated heterocycles. The third kappa shape index (κ3) is 31.2. The van der Waals surface area contributed by atoms with Crippen LogP contribution in [-0.4, -0.2) is 12.6 Å². The van der Waals surface area contributed by atoms with Crippen LogP contribution in [0.1, 0.15) is 194 Å². The summed E-state index contributed by atoms with van der Waals surface area (Å²) in [5.41, 5.74) is 0. The molecule has 0 rings (SSSR count). The predicted octanol–water partition coefficient (Wildman–Crippen LogP) is 12.0. The summed E-state index contributed by atoms with van der Waals surface area (Å²) in [7, 11) is 0. The van der Waals surface area contributed by atoms with Gasteiger partial charge in [-0.3, -0.25) is 4.79 Å². The molecule has 0 heterocycles. The van der Waals surface area contributed by atoms with E-state index in [-0.39, 0.29) is 5.97 Å². The van der Waals surface area contributed by atoms with Gasteiger partial charge in [-0.25, -0.2) is 0 Å². The lowest BCUT2D eigenvalue weighted by atomic mass is 10.0. The van der Waals surface area contributed by atoms with Crippen LogP contribution in [0.25, 0.3) is 0 Å². The van der Waals surface area contributed by atoms with Crippen LogP contribution in [0.15, 0.2) is 12.2 Å². The molecule has 2 nitrogen and oxygen atoms in total. The number of carbonyl (C=O) groups is 1. The highest BCUT2D eigenvalue weighted by atomic mass is 16.5. The van der Waals surface area contributed by atoms with Gasteiger partial charge < -0.3 is 4.74 Å². The maximum atomic E-state index is 11.9. The molecule has 0 aliphatic heterocycles. The number of hydrogen-bond donors (Lipinski definition) is 0. The molecule has 0 bridgehead atoms. The number of unbranched alkanes of at least 4 members (excludes halogenated alkanes) is 24. The van der Waals surface area contributed by atoms with Crippen molar-refractivity contribution >= 4 is 5.97 Å². The van der Waals surface area contributed by atoms with E-state index in [0.29, 0.717) is 13.0 Å². The van der Waals surface area contributed by atoms with Crippen molar-refractivity contribution in [3.63, 3.8) is 0 Å². The topological polar surface area (TPSA) is 26.3 Å². The lowest BCUT2D eigenvalue weighted by Gasteiger charge is -2.05. The van der Waals surface area contributed by atoms with Gasteiger partial charge in [-0.2, -0.15) is 0 Å². The number of rotatable bonds is 30. The fourth-order valence-electron chi connectivity index (χ4n) is 4.89. The second kappa shape index (κ2) is 32.2. The Kier molecular flexibility index (Phi) is 31.5. The molecule has 0 aromatic heterocycles. The average molecular weight is 507 g/mol. The van der Waals surface area contributed by atoms with Crippen LogP contribution in [0, 0.1) is 0 Å². The largest absolute Gasteiger partial charge is 0.466 e. The molecule has 2 heteroatoms. The van der Waals surface area contributed by atoms with Gasteiger partial charge in [0, 0.05) is 6.42 Å². The van der Waals surface area contributed by atoms with Gasteiger partial charge in [-0.05, 0) is 38.5 Å². The zero-order chi connectivity index (χ0) is 26.2. The Hall–Kier alpha value is -0.790. The number of ether oxygens (including phenoxy) is 1. The Morgan fingerprint density at radius 1 is 0.444 bits per heavy atom. The molecule has 0 atom stereocenters. The minimum atomic E-state index is 0.0193.